The van der Waals surface area contributed by atoms with Crippen LogP contribution < -0.4 is 0 Å². The molecule has 1 atom stereocenters. The Morgan fingerprint density at radius 3 is 2.82 bits per heavy atom. The van der Waals surface area contributed by atoms with Gasteiger partial charge in [-0.3, -0.25) is 0 Å². The van der Waals surface area contributed by atoms with Crippen molar-refractivity contribution < 1.29 is 4.79 Å². The number of thioether (sulfide) groups is 1. The third-order valence-electron chi connectivity index (χ3n) is 1.60. The van der Waals surface area contributed by atoms with Crippen LogP contribution in [0.4, 0.5) is 0 Å². The van der Waals surface area contributed by atoms with Gasteiger partial charge in [-0.15, -0.1) is 0 Å². The minimum absolute atomic E-state index is 0.709. The van der Waals surface area contributed by atoms with Crippen molar-refractivity contribution >= 4 is 18.0 Å². The third kappa shape index (κ3) is 7.92. The van der Waals surface area contributed by atoms with Crippen molar-refractivity contribution in [3.8, 4) is 0 Å². The van der Waals surface area contributed by atoms with Crippen molar-refractivity contribution in [2.75, 3.05) is 5.75 Å². The quantitative estimate of drug-likeness (QED) is 0.436. The van der Waals surface area contributed by atoms with Crippen LogP contribution in [0.3, 0.4) is 0 Å². The van der Waals surface area contributed by atoms with E-state index < -0.39 is 0 Å². The van der Waals surface area contributed by atoms with Crippen LogP contribution in [0, 0.1) is 0 Å². The highest BCUT2D eigenvalue weighted by Crippen LogP contribution is 2.16. The summed E-state index contributed by atoms with van der Waals surface area (Å²) >= 11 is 1.91. The van der Waals surface area contributed by atoms with Gasteiger partial charge in [-0.25, -0.2) is 0 Å². The Morgan fingerprint density at radius 1 is 1.55 bits per heavy atom. The lowest BCUT2D eigenvalue weighted by atomic mass is 10.2. The van der Waals surface area contributed by atoms with E-state index in [2.05, 4.69) is 13.8 Å². The first-order valence-corrected chi connectivity index (χ1v) is 5.41. The minimum atomic E-state index is 0.709. The maximum atomic E-state index is 9.99. The molecule has 0 amide bonds. The van der Waals surface area contributed by atoms with Crippen LogP contribution >= 0.6 is 11.8 Å². The lowest BCUT2D eigenvalue weighted by Crippen LogP contribution is -1.97. The molecule has 0 heterocycles. The Labute approximate surface area is 73.9 Å². The molecule has 0 fully saturated rings. The highest BCUT2D eigenvalue weighted by atomic mass is 32.2. The third-order valence-corrected chi connectivity index (χ3v) is 2.88. The van der Waals surface area contributed by atoms with Crippen LogP contribution in [0.2, 0.25) is 0 Å². The zero-order valence-corrected chi connectivity index (χ0v) is 8.32. The van der Waals surface area contributed by atoms with Crippen LogP contribution in [-0.2, 0) is 4.79 Å². The maximum absolute atomic E-state index is 9.99. The topological polar surface area (TPSA) is 17.1 Å². The largest absolute Gasteiger partial charge is 0.303 e. The van der Waals surface area contributed by atoms with Crippen LogP contribution in [0.15, 0.2) is 0 Å². The predicted molar refractivity (Wildman–Crippen MR) is 52.1 cm³/mol. The summed E-state index contributed by atoms with van der Waals surface area (Å²) < 4.78 is 0. The van der Waals surface area contributed by atoms with E-state index >= 15 is 0 Å². The molecule has 0 aromatic rings. The van der Waals surface area contributed by atoms with Gasteiger partial charge in [-0.2, -0.15) is 11.8 Å². The van der Waals surface area contributed by atoms with Crippen LogP contribution in [0.5, 0.6) is 0 Å². The molecule has 0 bridgehead atoms. The molecule has 11 heavy (non-hydrogen) atoms. The van der Waals surface area contributed by atoms with Gasteiger partial charge in [0.1, 0.15) is 6.29 Å². The van der Waals surface area contributed by atoms with E-state index in [0.717, 1.165) is 17.3 Å². The summed E-state index contributed by atoms with van der Waals surface area (Å²) in [6, 6.07) is 0. The smallest absolute Gasteiger partial charge is 0.120 e. The molecule has 0 aliphatic carbocycles. The van der Waals surface area contributed by atoms with Gasteiger partial charge in [0.2, 0.25) is 0 Å². The van der Waals surface area contributed by atoms with E-state index in [1.807, 2.05) is 11.8 Å². The predicted octanol–water partition coefficient (Wildman–Crippen LogP) is 2.89. The molecule has 2 heteroatoms. The Bertz CT molecular complexity index is 93.6. The fourth-order valence-electron chi connectivity index (χ4n) is 0.892. The Morgan fingerprint density at radius 2 is 2.27 bits per heavy atom. The van der Waals surface area contributed by atoms with Crippen molar-refractivity contribution in [2.24, 2.45) is 0 Å². The number of aldehydes is 1. The summed E-state index contributed by atoms with van der Waals surface area (Å²) in [5.74, 6) is 0.994. The summed E-state index contributed by atoms with van der Waals surface area (Å²) in [7, 11) is 0. The van der Waals surface area contributed by atoms with E-state index in [1.165, 1.54) is 19.3 Å². The fraction of sp³-hybridized carbons (Fsp3) is 0.889. The number of carbonyl (C=O) groups is 1. The number of hydrogen-bond acceptors (Lipinski definition) is 2. The van der Waals surface area contributed by atoms with Crippen molar-refractivity contribution in [3.63, 3.8) is 0 Å². The van der Waals surface area contributed by atoms with E-state index in [-0.39, 0.29) is 0 Å². The number of hydrogen-bond donors (Lipinski definition) is 0. The van der Waals surface area contributed by atoms with Crippen molar-refractivity contribution in [2.45, 2.75) is 44.8 Å². The molecule has 0 aliphatic rings. The first-order valence-electron chi connectivity index (χ1n) is 4.36. The average molecular weight is 174 g/mol. The van der Waals surface area contributed by atoms with Crippen LogP contribution in [0.1, 0.15) is 39.5 Å². The van der Waals surface area contributed by atoms with Crippen LogP contribution in [0.25, 0.3) is 0 Å². The molecule has 1 unspecified atom stereocenters. The number of unbranched alkanes of at least 4 members (excludes halogenated alkanes) is 1. The second-order valence-electron chi connectivity index (χ2n) is 2.78. The van der Waals surface area contributed by atoms with E-state index in [9.17, 15) is 4.79 Å². The Balaban J connectivity index is 3.08. The molecule has 0 saturated carbocycles. The van der Waals surface area contributed by atoms with Crippen molar-refractivity contribution in [1.29, 1.82) is 0 Å². The van der Waals surface area contributed by atoms with Crippen LogP contribution in [-0.4, -0.2) is 17.3 Å². The lowest BCUT2D eigenvalue weighted by molar-refractivity contribution is -0.107. The molecule has 0 aliphatic heterocycles. The molecule has 0 aromatic heterocycles. The Hall–Kier alpha value is 0.0200. The number of carbonyl (C=O) groups excluding carboxylic acids is 1. The van der Waals surface area contributed by atoms with E-state index in [0.29, 0.717) is 6.42 Å². The number of rotatable bonds is 7. The normalized spacial score (nSPS) is 12.9. The summed E-state index contributed by atoms with van der Waals surface area (Å²) in [6.07, 6.45) is 5.59. The van der Waals surface area contributed by atoms with Gasteiger partial charge in [-0.05, 0) is 6.42 Å². The standard InChI is InChI=1S/C9H18OS/c1-3-4-6-9(2)11-8-5-7-10/h7,9H,3-6,8H2,1-2H3. The van der Waals surface area contributed by atoms with Gasteiger partial charge < -0.3 is 4.79 Å². The molecule has 0 aromatic carbocycles. The molecule has 0 spiro atoms. The highest BCUT2D eigenvalue weighted by Gasteiger charge is 1.99. The zero-order valence-electron chi connectivity index (χ0n) is 7.51. The molecule has 0 saturated heterocycles. The van der Waals surface area contributed by atoms with E-state index in [1.54, 1.807) is 0 Å². The first kappa shape index (κ1) is 11.0. The highest BCUT2D eigenvalue weighted by molar-refractivity contribution is 7.99. The summed E-state index contributed by atoms with van der Waals surface area (Å²) in [5.41, 5.74) is 0. The monoisotopic (exact) mass is 174 g/mol. The second-order valence-corrected chi connectivity index (χ2v) is 4.33. The van der Waals surface area contributed by atoms with Gasteiger partial charge in [0, 0.05) is 17.4 Å². The summed E-state index contributed by atoms with van der Waals surface area (Å²) in [5, 5.41) is 0.731. The molecular weight excluding hydrogens is 156 g/mol. The molecule has 0 rings (SSSR count). The van der Waals surface area contributed by atoms with Gasteiger partial charge in [0.25, 0.3) is 0 Å². The van der Waals surface area contributed by atoms with Gasteiger partial charge in [0.15, 0.2) is 0 Å². The van der Waals surface area contributed by atoms with Gasteiger partial charge in [-0.1, -0.05) is 26.7 Å². The Kier molecular flexibility index (Phi) is 8.13. The SMILES string of the molecule is CCCCC(C)SCCC=O. The lowest BCUT2D eigenvalue weighted by Gasteiger charge is -2.08. The fourth-order valence-corrected chi connectivity index (χ4v) is 1.86. The molecule has 1 nitrogen and oxygen atoms in total. The van der Waals surface area contributed by atoms with Crippen molar-refractivity contribution in [1.82, 2.24) is 0 Å². The van der Waals surface area contributed by atoms with Gasteiger partial charge in [0.05, 0.1) is 0 Å². The zero-order chi connectivity index (χ0) is 8.53. The average Bonchev–Trinajstić information content (AvgIpc) is 2.01. The molecule has 0 radical (unpaired) electrons. The summed E-state index contributed by atoms with van der Waals surface area (Å²) in [6.45, 7) is 4.45. The molecule has 66 valence electrons. The van der Waals surface area contributed by atoms with E-state index in [4.69, 9.17) is 0 Å². The minimum Gasteiger partial charge on any atom is -0.303 e. The van der Waals surface area contributed by atoms with Gasteiger partial charge >= 0.3 is 0 Å². The summed E-state index contributed by atoms with van der Waals surface area (Å²) in [4.78, 5) is 9.99. The maximum Gasteiger partial charge on any atom is 0.120 e. The first-order chi connectivity index (χ1) is 5.31. The van der Waals surface area contributed by atoms with Crippen molar-refractivity contribution in [3.05, 3.63) is 0 Å². The molecular formula is C9H18OS. The second kappa shape index (κ2) is 8.12. The molecule has 0 N–H and O–H groups in total.